The molecule has 0 fully saturated rings. The highest BCUT2D eigenvalue weighted by Gasteiger charge is 2.11. The van der Waals surface area contributed by atoms with Crippen LogP contribution in [0.1, 0.15) is 0 Å². The molecule has 0 N–H and O–H groups in total. The molecule has 0 aliphatic heterocycles. The lowest BCUT2D eigenvalue weighted by Gasteiger charge is -2.08. The molecule has 0 saturated carbocycles. The summed E-state index contributed by atoms with van der Waals surface area (Å²) in [5.74, 6) is 0. The van der Waals surface area contributed by atoms with Crippen molar-refractivity contribution >= 4 is 56.3 Å². The Kier molecular flexibility index (Phi) is 2.67. The molecule has 0 amide bonds. The van der Waals surface area contributed by atoms with Crippen LogP contribution in [-0.2, 0) is 0 Å². The van der Waals surface area contributed by atoms with E-state index in [1.165, 1.54) is 0 Å². The van der Waals surface area contributed by atoms with Crippen molar-refractivity contribution in [2.75, 3.05) is 0 Å². The van der Waals surface area contributed by atoms with E-state index in [4.69, 9.17) is 34.8 Å². The summed E-state index contributed by atoms with van der Waals surface area (Å²) in [6.07, 6.45) is 0. The lowest BCUT2D eigenvalue weighted by molar-refractivity contribution is 1.74. The highest BCUT2D eigenvalue weighted by Crippen LogP contribution is 2.39. The molecule has 0 aliphatic carbocycles. The third kappa shape index (κ3) is 1.68. The van der Waals surface area contributed by atoms with Gasteiger partial charge in [0.25, 0.3) is 0 Å². The Hall–Kier alpha value is -0.950. The maximum Gasteiger partial charge on any atom is 0.0693 e. The summed E-state index contributed by atoms with van der Waals surface area (Å²) in [6, 6.07) is 15.5. The fraction of sp³-hybridized carbons (Fsp3) is 0. The fourth-order valence-electron chi connectivity index (χ4n) is 1.96. The van der Waals surface area contributed by atoms with Crippen LogP contribution in [0.4, 0.5) is 0 Å². The van der Waals surface area contributed by atoms with E-state index in [0.717, 1.165) is 21.5 Å². The Labute approximate surface area is 114 Å². The van der Waals surface area contributed by atoms with Crippen LogP contribution in [0.5, 0.6) is 0 Å². The molecule has 3 rings (SSSR count). The average molecular weight is 280 g/mol. The summed E-state index contributed by atoms with van der Waals surface area (Å²) in [6.45, 7) is 0. The van der Waals surface area contributed by atoms with Gasteiger partial charge in [0.15, 0.2) is 0 Å². The van der Waals surface area contributed by atoms with Crippen molar-refractivity contribution in [1.82, 2.24) is 0 Å². The number of rotatable bonds is 0. The summed E-state index contributed by atoms with van der Waals surface area (Å²) in [4.78, 5) is 0. The van der Waals surface area contributed by atoms with Gasteiger partial charge >= 0.3 is 0 Å². The first-order chi connectivity index (χ1) is 8.18. The third-order valence-electron chi connectivity index (χ3n) is 2.73. The smallest absolute Gasteiger partial charge is 0.0693 e. The number of hydrogen-bond acceptors (Lipinski definition) is 0. The lowest BCUT2D eigenvalue weighted by atomic mass is 10.0. The molecule has 82 valence electrons. The molecular formula is C14H5Cl3. The van der Waals surface area contributed by atoms with Crippen molar-refractivity contribution in [2.45, 2.75) is 0 Å². The van der Waals surface area contributed by atoms with Crippen molar-refractivity contribution in [3.05, 3.63) is 57.5 Å². The normalized spacial score (nSPS) is 11.2. The van der Waals surface area contributed by atoms with Crippen LogP contribution in [0.25, 0.3) is 21.5 Å². The quantitative estimate of drug-likeness (QED) is 0.374. The second-order valence-electron chi connectivity index (χ2n) is 3.70. The Bertz CT molecular complexity index is 732. The lowest BCUT2D eigenvalue weighted by Crippen LogP contribution is -1.82. The summed E-state index contributed by atoms with van der Waals surface area (Å²) >= 11 is 18.4. The molecular weight excluding hydrogens is 275 g/mol. The second kappa shape index (κ2) is 4.06. The van der Waals surface area contributed by atoms with Gasteiger partial charge < -0.3 is 0 Å². The first-order valence-electron chi connectivity index (χ1n) is 4.97. The maximum absolute atomic E-state index is 6.24. The van der Waals surface area contributed by atoms with Crippen LogP contribution in [0.3, 0.4) is 0 Å². The van der Waals surface area contributed by atoms with E-state index in [0.29, 0.717) is 15.1 Å². The summed E-state index contributed by atoms with van der Waals surface area (Å²) in [5.41, 5.74) is 0. The summed E-state index contributed by atoms with van der Waals surface area (Å²) in [7, 11) is 0. The van der Waals surface area contributed by atoms with E-state index >= 15 is 0 Å². The van der Waals surface area contributed by atoms with E-state index in [1.807, 2.05) is 30.3 Å². The average Bonchev–Trinajstić information content (AvgIpc) is 2.35. The molecule has 0 spiro atoms. The van der Waals surface area contributed by atoms with Gasteiger partial charge in [-0.2, -0.15) is 0 Å². The van der Waals surface area contributed by atoms with Gasteiger partial charge in [0.2, 0.25) is 0 Å². The zero-order valence-corrected chi connectivity index (χ0v) is 10.8. The highest BCUT2D eigenvalue weighted by atomic mass is 35.5. The molecule has 17 heavy (non-hydrogen) atoms. The largest absolute Gasteiger partial charge is 0.0829 e. The zero-order valence-electron chi connectivity index (χ0n) is 8.52. The molecule has 0 aliphatic rings. The highest BCUT2D eigenvalue weighted by molar-refractivity contribution is 6.49. The van der Waals surface area contributed by atoms with Crippen LogP contribution in [0.2, 0.25) is 15.1 Å². The number of benzene rings is 3. The zero-order chi connectivity index (χ0) is 12.0. The summed E-state index contributed by atoms with van der Waals surface area (Å²) in [5, 5.41) is 5.13. The van der Waals surface area contributed by atoms with Gasteiger partial charge in [-0.1, -0.05) is 59.1 Å². The molecule has 0 atom stereocenters. The number of halogens is 3. The molecule has 0 bridgehead atoms. The first kappa shape index (κ1) is 11.2. The minimum absolute atomic E-state index is 0.351. The SMILES string of the molecule is Clc1[c]c(Cl)c2ccc3c[c]ccc3c2c1Cl. The van der Waals surface area contributed by atoms with Gasteiger partial charge in [0.05, 0.1) is 15.1 Å². The monoisotopic (exact) mass is 278 g/mol. The standard InChI is InChI=1S/C14H5Cl3/c15-11-7-12(16)14(17)13-9-4-2-1-3-8(9)5-6-10(11)13/h2-6H. The van der Waals surface area contributed by atoms with Crippen molar-refractivity contribution in [1.29, 1.82) is 0 Å². The van der Waals surface area contributed by atoms with E-state index in [1.54, 1.807) is 0 Å². The topological polar surface area (TPSA) is 0 Å². The molecule has 0 unspecified atom stereocenters. The van der Waals surface area contributed by atoms with Crippen molar-refractivity contribution in [3.63, 3.8) is 0 Å². The van der Waals surface area contributed by atoms with Crippen LogP contribution < -0.4 is 0 Å². The van der Waals surface area contributed by atoms with Crippen LogP contribution in [0.15, 0.2) is 30.3 Å². The molecule has 0 heterocycles. The first-order valence-corrected chi connectivity index (χ1v) is 6.10. The molecule has 0 aromatic heterocycles. The maximum atomic E-state index is 6.24. The molecule has 3 aromatic rings. The van der Waals surface area contributed by atoms with Gasteiger partial charge in [0.1, 0.15) is 0 Å². The molecule has 0 saturated heterocycles. The van der Waals surface area contributed by atoms with Gasteiger partial charge in [-0.15, -0.1) is 0 Å². The predicted octanol–water partition coefficient (Wildman–Crippen LogP) is 5.55. The molecule has 3 heteroatoms. The van der Waals surface area contributed by atoms with E-state index < -0.39 is 0 Å². The molecule has 3 aromatic carbocycles. The number of fused-ring (bicyclic) bond motifs is 3. The van der Waals surface area contributed by atoms with Gasteiger partial charge in [0, 0.05) is 16.8 Å². The van der Waals surface area contributed by atoms with Gasteiger partial charge in [-0.25, -0.2) is 0 Å². The number of hydrogen-bond donors (Lipinski definition) is 0. The van der Waals surface area contributed by atoms with Crippen molar-refractivity contribution < 1.29 is 0 Å². The van der Waals surface area contributed by atoms with Crippen LogP contribution in [0, 0.1) is 12.1 Å². The Balaban J connectivity index is 2.65. The Morgan fingerprint density at radius 3 is 2.53 bits per heavy atom. The van der Waals surface area contributed by atoms with Gasteiger partial charge in [-0.05, 0) is 22.9 Å². The third-order valence-corrected chi connectivity index (χ3v) is 3.79. The van der Waals surface area contributed by atoms with Gasteiger partial charge in [-0.3, -0.25) is 0 Å². The molecule has 0 nitrogen and oxygen atoms in total. The van der Waals surface area contributed by atoms with Crippen molar-refractivity contribution in [3.8, 4) is 0 Å². The Morgan fingerprint density at radius 2 is 1.71 bits per heavy atom. The molecule has 2 radical (unpaired) electrons. The fourth-order valence-corrected chi connectivity index (χ4v) is 2.70. The minimum Gasteiger partial charge on any atom is -0.0829 e. The van der Waals surface area contributed by atoms with Crippen molar-refractivity contribution in [2.24, 2.45) is 0 Å². The predicted molar refractivity (Wildman–Crippen MR) is 74.2 cm³/mol. The van der Waals surface area contributed by atoms with E-state index in [2.05, 4.69) is 12.1 Å². The van der Waals surface area contributed by atoms with E-state index in [-0.39, 0.29) is 0 Å². The minimum atomic E-state index is 0.351. The Morgan fingerprint density at radius 1 is 0.882 bits per heavy atom. The summed E-state index contributed by atoms with van der Waals surface area (Å²) < 4.78 is 0. The second-order valence-corrected chi connectivity index (χ2v) is 4.84. The van der Waals surface area contributed by atoms with Crippen LogP contribution >= 0.6 is 34.8 Å². The van der Waals surface area contributed by atoms with Crippen LogP contribution in [-0.4, -0.2) is 0 Å². The van der Waals surface area contributed by atoms with E-state index in [9.17, 15) is 0 Å².